The summed E-state index contributed by atoms with van der Waals surface area (Å²) in [4.78, 5) is 34.1. The molecule has 0 radical (unpaired) electrons. The van der Waals surface area contributed by atoms with Crippen LogP contribution in [0.2, 0.25) is 5.02 Å². The molecule has 1 amide bonds. The summed E-state index contributed by atoms with van der Waals surface area (Å²) in [5.74, 6) is 1.44. The first-order valence-electron chi connectivity index (χ1n) is 16.1. The summed E-state index contributed by atoms with van der Waals surface area (Å²) in [6.45, 7) is 4.94. The summed E-state index contributed by atoms with van der Waals surface area (Å²) in [6, 6.07) is 13.2. The highest BCUT2D eigenvalue weighted by atomic mass is 35.5. The number of nitrogens with one attached hydrogen (secondary N) is 1. The second-order valence-corrected chi connectivity index (χ2v) is 14.1. The number of fused-ring (bicyclic) bond motifs is 4. The van der Waals surface area contributed by atoms with Gasteiger partial charge in [0.25, 0.3) is 0 Å². The number of nitrogen functional groups attached to an aromatic ring is 1. The average molecular weight is 627 g/mol. The minimum Gasteiger partial charge on any atom is -0.481 e. The van der Waals surface area contributed by atoms with Gasteiger partial charge in [-0.25, -0.2) is 9.97 Å². The van der Waals surface area contributed by atoms with Gasteiger partial charge in [-0.3, -0.25) is 14.3 Å². The highest BCUT2D eigenvalue weighted by Gasteiger charge is 2.48. The number of halogens is 1. The number of hydrogen-bond acceptors (Lipinski definition) is 6. The monoisotopic (exact) mass is 626 g/mol. The zero-order valence-electron chi connectivity index (χ0n) is 25.8. The molecule has 4 N–H and O–H groups in total. The van der Waals surface area contributed by atoms with E-state index in [1.54, 1.807) is 0 Å². The van der Waals surface area contributed by atoms with Gasteiger partial charge < -0.3 is 16.2 Å². The molecule has 234 valence electrons. The fourth-order valence-electron chi connectivity index (χ4n) is 8.41. The molecule has 0 spiro atoms. The van der Waals surface area contributed by atoms with E-state index in [9.17, 15) is 9.59 Å². The standard InChI is InChI=1S/C35H39ClN6O3/c1-3-35(17-21-5-4-6-22(15-21)18-35)19-42-26-16-24(36)12-13-25(26)29(41-42)32-38-30(37)28-31(39-32)40-33(45)34(28,2)23-10-7-20(8-11-23)9-14-27(43)44/h7-8,10-13,16,21-22H,3-6,9,14-15,17-19H2,1-2H3,(H,43,44)(H3,37,38,39,40,45)/t21?,22?,34-,35?/m0/s1. The highest BCUT2D eigenvalue weighted by Crippen LogP contribution is 2.52. The molecule has 2 saturated carbocycles. The Kier molecular flexibility index (Phi) is 7.34. The molecule has 1 aliphatic heterocycles. The van der Waals surface area contributed by atoms with Gasteiger partial charge in [-0.05, 0) is 85.6 Å². The van der Waals surface area contributed by atoms with E-state index in [0.29, 0.717) is 34.3 Å². The number of aliphatic carboxylic acids is 1. The lowest BCUT2D eigenvalue weighted by atomic mass is 9.60. The van der Waals surface area contributed by atoms with E-state index in [0.717, 1.165) is 46.8 Å². The number of nitrogens with two attached hydrogens (primary N) is 1. The third kappa shape index (κ3) is 5.15. The van der Waals surface area contributed by atoms with Crippen LogP contribution < -0.4 is 11.1 Å². The Morgan fingerprint density at radius 2 is 1.87 bits per heavy atom. The van der Waals surface area contributed by atoms with Gasteiger partial charge in [0, 0.05) is 23.4 Å². The molecule has 2 aliphatic carbocycles. The molecule has 10 heteroatoms. The van der Waals surface area contributed by atoms with E-state index < -0.39 is 11.4 Å². The van der Waals surface area contributed by atoms with Crippen molar-refractivity contribution >= 4 is 46.0 Å². The number of hydrogen-bond donors (Lipinski definition) is 3. The Morgan fingerprint density at radius 3 is 2.56 bits per heavy atom. The summed E-state index contributed by atoms with van der Waals surface area (Å²) in [5.41, 5.74) is 9.43. The van der Waals surface area contributed by atoms with Crippen LogP contribution in [0, 0.1) is 17.3 Å². The normalized spacial score (nSPS) is 25.7. The van der Waals surface area contributed by atoms with Crippen LogP contribution in [-0.4, -0.2) is 36.7 Å². The number of carbonyl (C=O) groups is 2. The second kappa shape index (κ2) is 11.1. The Bertz CT molecular complexity index is 1810. The van der Waals surface area contributed by atoms with Gasteiger partial charge in [0.15, 0.2) is 5.82 Å². The average Bonchev–Trinajstić information content (AvgIpc) is 3.49. The second-order valence-electron chi connectivity index (χ2n) is 13.7. The van der Waals surface area contributed by atoms with Crippen LogP contribution >= 0.6 is 11.6 Å². The summed E-state index contributed by atoms with van der Waals surface area (Å²) in [6.07, 6.45) is 9.38. The molecule has 45 heavy (non-hydrogen) atoms. The predicted octanol–water partition coefficient (Wildman–Crippen LogP) is 7.00. The zero-order chi connectivity index (χ0) is 31.5. The first-order chi connectivity index (χ1) is 21.6. The molecule has 7 rings (SSSR count). The molecule has 2 bridgehead atoms. The summed E-state index contributed by atoms with van der Waals surface area (Å²) >= 11 is 6.52. The van der Waals surface area contributed by atoms with Crippen molar-refractivity contribution in [2.24, 2.45) is 17.3 Å². The molecule has 2 aromatic heterocycles. The molecular formula is C35H39ClN6O3. The van der Waals surface area contributed by atoms with Gasteiger partial charge in [0.1, 0.15) is 22.7 Å². The van der Waals surface area contributed by atoms with E-state index in [4.69, 9.17) is 37.5 Å². The Balaban J connectivity index is 1.26. The predicted molar refractivity (Wildman–Crippen MR) is 175 cm³/mol. The number of nitrogens with zero attached hydrogens (tertiary/aromatic N) is 4. The fourth-order valence-corrected chi connectivity index (χ4v) is 8.57. The van der Waals surface area contributed by atoms with E-state index in [-0.39, 0.29) is 23.6 Å². The minimum atomic E-state index is -1.11. The molecule has 9 nitrogen and oxygen atoms in total. The lowest BCUT2D eigenvalue weighted by Crippen LogP contribution is -2.38. The lowest BCUT2D eigenvalue weighted by Gasteiger charge is -2.47. The summed E-state index contributed by atoms with van der Waals surface area (Å²) < 4.78 is 2.10. The van der Waals surface area contributed by atoms with Crippen LogP contribution in [0.15, 0.2) is 42.5 Å². The number of carbonyl (C=O) groups excluding carboxylic acids is 1. The molecular weight excluding hydrogens is 588 g/mol. The third-order valence-corrected chi connectivity index (χ3v) is 11.0. The molecule has 3 aliphatic rings. The minimum absolute atomic E-state index is 0.0423. The van der Waals surface area contributed by atoms with Crippen LogP contribution in [0.5, 0.6) is 0 Å². The molecule has 2 aromatic carbocycles. The molecule has 3 atom stereocenters. The van der Waals surface area contributed by atoms with E-state index in [1.807, 2.05) is 49.4 Å². The zero-order valence-corrected chi connectivity index (χ0v) is 26.5. The third-order valence-electron chi connectivity index (χ3n) is 10.8. The SMILES string of the molecule is CCC1(Cn2nc(-c3nc(N)c4c(n3)NC(=O)[C@@]4(C)c3ccc(CCC(=O)O)cc3)c3ccc(Cl)cc32)CC2CCCC(C2)C1. The van der Waals surface area contributed by atoms with E-state index in [2.05, 4.69) is 16.9 Å². The largest absolute Gasteiger partial charge is 0.481 e. The van der Waals surface area contributed by atoms with Crippen molar-refractivity contribution in [3.05, 3.63) is 64.2 Å². The number of amides is 1. The molecule has 2 unspecified atom stereocenters. The molecule has 2 fully saturated rings. The maximum absolute atomic E-state index is 13.5. The van der Waals surface area contributed by atoms with Gasteiger partial charge in [-0.1, -0.05) is 62.1 Å². The number of benzene rings is 2. The van der Waals surface area contributed by atoms with Gasteiger partial charge in [0.2, 0.25) is 5.91 Å². The number of carboxylic acids is 1. The maximum atomic E-state index is 13.5. The number of aryl methyl sites for hydroxylation is 1. The molecule has 4 aromatic rings. The number of rotatable bonds is 8. The van der Waals surface area contributed by atoms with Crippen molar-refractivity contribution in [3.8, 4) is 11.5 Å². The maximum Gasteiger partial charge on any atom is 0.303 e. The topological polar surface area (TPSA) is 136 Å². The number of carboxylic acid groups (broad SMARTS) is 1. The number of anilines is 2. The number of aromatic nitrogens is 4. The van der Waals surface area contributed by atoms with Crippen molar-refractivity contribution < 1.29 is 14.7 Å². The van der Waals surface area contributed by atoms with Crippen LogP contribution in [0.1, 0.15) is 81.9 Å². The van der Waals surface area contributed by atoms with Crippen molar-refractivity contribution in [1.29, 1.82) is 0 Å². The molecule has 0 saturated heterocycles. The lowest BCUT2D eigenvalue weighted by molar-refractivity contribution is -0.137. The quantitative estimate of drug-likeness (QED) is 0.191. The first-order valence-corrected chi connectivity index (χ1v) is 16.4. The van der Waals surface area contributed by atoms with Crippen molar-refractivity contribution in [3.63, 3.8) is 0 Å². The van der Waals surface area contributed by atoms with E-state index >= 15 is 0 Å². The van der Waals surface area contributed by atoms with Crippen LogP contribution in [-0.2, 0) is 28.0 Å². The Hall–Kier alpha value is -3.98. The highest BCUT2D eigenvalue weighted by molar-refractivity contribution is 6.31. The van der Waals surface area contributed by atoms with Crippen molar-refractivity contribution in [2.75, 3.05) is 11.1 Å². The van der Waals surface area contributed by atoms with Crippen LogP contribution in [0.4, 0.5) is 11.6 Å². The van der Waals surface area contributed by atoms with Gasteiger partial charge in [-0.15, -0.1) is 0 Å². The van der Waals surface area contributed by atoms with Crippen molar-refractivity contribution in [1.82, 2.24) is 19.7 Å². The van der Waals surface area contributed by atoms with E-state index in [1.165, 1.54) is 38.5 Å². The van der Waals surface area contributed by atoms with Gasteiger partial charge in [-0.2, -0.15) is 5.10 Å². The van der Waals surface area contributed by atoms with Gasteiger partial charge >= 0.3 is 5.97 Å². The smallest absolute Gasteiger partial charge is 0.303 e. The first kappa shape index (κ1) is 29.7. The van der Waals surface area contributed by atoms with Crippen LogP contribution in [0.3, 0.4) is 0 Å². The summed E-state index contributed by atoms with van der Waals surface area (Å²) in [5, 5.41) is 18.6. The van der Waals surface area contributed by atoms with Crippen LogP contribution in [0.25, 0.3) is 22.4 Å². The fraction of sp³-hybridized carbons (Fsp3) is 0.457. The van der Waals surface area contributed by atoms with Gasteiger partial charge in [0.05, 0.1) is 11.1 Å². The summed E-state index contributed by atoms with van der Waals surface area (Å²) in [7, 11) is 0. The molecule has 3 heterocycles. The van der Waals surface area contributed by atoms with Crippen molar-refractivity contribution in [2.45, 2.75) is 83.6 Å². The Morgan fingerprint density at radius 1 is 1.13 bits per heavy atom. The Labute approximate surface area is 267 Å².